The van der Waals surface area contributed by atoms with E-state index < -0.39 is 11.7 Å². The fraction of sp³-hybridized carbons (Fsp3) is 0.100. The predicted molar refractivity (Wildman–Crippen MR) is 123 cm³/mol. The van der Waals surface area contributed by atoms with Crippen molar-refractivity contribution < 1.29 is 17.9 Å². The number of ether oxygens (including phenoxy) is 1. The van der Waals surface area contributed by atoms with E-state index in [0.29, 0.717) is 6.61 Å². The SMILES string of the molecule is FC(F)(F)c1ccc(N/N=C\c2cc(I)c(OCc3ccccc3)c(I)c2)nc1. The summed E-state index contributed by atoms with van der Waals surface area (Å²) in [5, 5.41) is 4.04. The van der Waals surface area contributed by atoms with Gasteiger partial charge in [-0.2, -0.15) is 18.3 Å². The molecule has 150 valence electrons. The average Bonchev–Trinajstić information content (AvgIpc) is 2.68. The number of hydrazone groups is 1. The summed E-state index contributed by atoms with van der Waals surface area (Å²) in [7, 11) is 0. The Labute approximate surface area is 192 Å². The monoisotopic (exact) mass is 623 g/mol. The summed E-state index contributed by atoms with van der Waals surface area (Å²) in [5.74, 6) is 1.02. The fourth-order valence-corrected chi connectivity index (χ4v) is 4.45. The van der Waals surface area contributed by atoms with Crippen LogP contribution in [0, 0.1) is 7.14 Å². The molecule has 9 heteroatoms. The fourth-order valence-electron chi connectivity index (χ4n) is 2.32. The summed E-state index contributed by atoms with van der Waals surface area (Å²) >= 11 is 4.40. The van der Waals surface area contributed by atoms with Crippen LogP contribution in [-0.2, 0) is 12.8 Å². The first-order valence-corrected chi connectivity index (χ1v) is 10.5. The molecule has 29 heavy (non-hydrogen) atoms. The molecule has 0 radical (unpaired) electrons. The maximum atomic E-state index is 12.6. The Morgan fingerprint density at radius 1 is 1.03 bits per heavy atom. The lowest BCUT2D eigenvalue weighted by Gasteiger charge is -2.11. The van der Waals surface area contributed by atoms with Crippen molar-refractivity contribution in [1.29, 1.82) is 0 Å². The van der Waals surface area contributed by atoms with E-state index in [1.54, 1.807) is 6.21 Å². The molecule has 3 aromatic rings. The molecule has 0 fully saturated rings. The van der Waals surface area contributed by atoms with Crippen molar-refractivity contribution in [2.45, 2.75) is 12.8 Å². The smallest absolute Gasteiger partial charge is 0.417 e. The van der Waals surface area contributed by atoms with Crippen molar-refractivity contribution in [3.8, 4) is 5.75 Å². The van der Waals surface area contributed by atoms with Gasteiger partial charge in [0, 0.05) is 6.20 Å². The zero-order chi connectivity index (χ0) is 20.9. The number of hydrogen-bond donors (Lipinski definition) is 1. The van der Waals surface area contributed by atoms with Crippen LogP contribution >= 0.6 is 45.2 Å². The van der Waals surface area contributed by atoms with Crippen LogP contribution in [0.3, 0.4) is 0 Å². The molecular formula is C20H14F3I2N3O. The zero-order valence-electron chi connectivity index (χ0n) is 14.8. The highest BCUT2D eigenvalue weighted by molar-refractivity contribution is 14.1. The van der Waals surface area contributed by atoms with Crippen LogP contribution < -0.4 is 10.2 Å². The molecule has 1 heterocycles. The topological polar surface area (TPSA) is 46.5 Å². The maximum Gasteiger partial charge on any atom is 0.417 e. The second kappa shape index (κ2) is 9.74. The van der Waals surface area contributed by atoms with Gasteiger partial charge in [-0.15, -0.1) is 0 Å². The van der Waals surface area contributed by atoms with Crippen molar-refractivity contribution in [3.63, 3.8) is 0 Å². The Morgan fingerprint density at radius 3 is 2.31 bits per heavy atom. The van der Waals surface area contributed by atoms with Crippen LogP contribution in [0.4, 0.5) is 19.0 Å². The van der Waals surface area contributed by atoms with Crippen LogP contribution in [0.1, 0.15) is 16.7 Å². The van der Waals surface area contributed by atoms with E-state index in [4.69, 9.17) is 4.74 Å². The van der Waals surface area contributed by atoms with E-state index in [2.05, 4.69) is 60.7 Å². The summed E-state index contributed by atoms with van der Waals surface area (Å²) in [5.41, 5.74) is 3.73. The van der Waals surface area contributed by atoms with Gasteiger partial charge >= 0.3 is 6.18 Å². The number of anilines is 1. The van der Waals surface area contributed by atoms with Gasteiger partial charge in [-0.05, 0) is 80.6 Å². The lowest BCUT2D eigenvalue weighted by Crippen LogP contribution is -2.05. The van der Waals surface area contributed by atoms with Crippen molar-refractivity contribution in [2.75, 3.05) is 5.43 Å². The van der Waals surface area contributed by atoms with Gasteiger partial charge in [0.2, 0.25) is 0 Å². The van der Waals surface area contributed by atoms with Gasteiger partial charge in [-0.1, -0.05) is 30.3 Å². The number of alkyl halides is 3. The van der Waals surface area contributed by atoms with Crippen LogP contribution in [-0.4, -0.2) is 11.2 Å². The summed E-state index contributed by atoms with van der Waals surface area (Å²) in [6.07, 6.45) is -2.07. The van der Waals surface area contributed by atoms with Gasteiger partial charge < -0.3 is 4.74 Å². The third-order valence-corrected chi connectivity index (χ3v) is 5.33. The number of benzene rings is 2. The summed E-state index contributed by atoms with van der Waals surface area (Å²) in [6.45, 7) is 0.474. The van der Waals surface area contributed by atoms with E-state index in [-0.39, 0.29) is 5.82 Å². The highest BCUT2D eigenvalue weighted by Crippen LogP contribution is 2.30. The second-order valence-electron chi connectivity index (χ2n) is 5.89. The molecule has 2 aromatic carbocycles. The number of hydrogen-bond acceptors (Lipinski definition) is 4. The largest absolute Gasteiger partial charge is 0.487 e. The molecule has 0 saturated carbocycles. The van der Waals surface area contributed by atoms with Crippen molar-refractivity contribution in [1.82, 2.24) is 4.98 Å². The number of halogens is 5. The summed E-state index contributed by atoms with van der Waals surface area (Å²) < 4.78 is 45.5. The van der Waals surface area contributed by atoms with E-state index in [1.165, 1.54) is 6.07 Å². The van der Waals surface area contributed by atoms with Gasteiger partial charge in [-0.25, -0.2) is 4.98 Å². The number of aromatic nitrogens is 1. The number of rotatable bonds is 6. The Kier molecular flexibility index (Phi) is 7.33. The molecule has 3 rings (SSSR count). The molecule has 0 bridgehead atoms. The minimum atomic E-state index is -4.41. The van der Waals surface area contributed by atoms with Gasteiger partial charge in [0.15, 0.2) is 0 Å². The van der Waals surface area contributed by atoms with E-state index >= 15 is 0 Å². The van der Waals surface area contributed by atoms with Crippen molar-refractivity contribution in [3.05, 3.63) is 84.6 Å². The van der Waals surface area contributed by atoms with Crippen LogP contribution in [0.15, 0.2) is 65.9 Å². The molecule has 0 spiro atoms. The van der Waals surface area contributed by atoms with Crippen molar-refractivity contribution >= 4 is 57.2 Å². The first kappa shape index (κ1) is 21.8. The van der Waals surface area contributed by atoms with E-state index in [0.717, 1.165) is 36.3 Å². The summed E-state index contributed by atoms with van der Waals surface area (Å²) in [4.78, 5) is 3.71. The Hall–Kier alpha value is -1.89. The third kappa shape index (κ3) is 6.29. The molecule has 0 amide bonds. The predicted octanol–water partition coefficient (Wildman–Crippen LogP) is 6.33. The van der Waals surface area contributed by atoms with Crippen LogP contribution in [0.5, 0.6) is 5.75 Å². The average molecular weight is 623 g/mol. The molecule has 0 aliphatic carbocycles. The normalized spacial score (nSPS) is 11.6. The lowest BCUT2D eigenvalue weighted by atomic mass is 10.2. The lowest BCUT2D eigenvalue weighted by molar-refractivity contribution is -0.137. The molecule has 1 aromatic heterocycles. The third-order valence-electron chi connectivity index (χ3n) is 3.73. The molecule has 0 saturated heterocycles. The molecule has 4 nitrogen and oxygen atoms in total. The zero-order valence-corrected chi connectivity index (χ0v) is 19.1. The number of pyridine rings is 1. The highest BCUT2D eigenvalue weighted by Gasteiger charge is 2.30. The number of nitrogens with one attached hydrogen (secondary N) is 1. The van der Waals surface area contributed by atoms with Gasteiger partial charge in [0.25, 0.3) is 0 Å². The van der Waals surface area contributed by atoms with Crippen molar-refractivity contribution in [2.24, 2.45) is 5.10 Å². The minimum Gasteiger partial charge on any atom is -0.487 e. The minimum absolute atomic E-state index is 0.224. The highest BCUT2D eigenvalue weighted by atomic mass is 127. The van der Waals surface area contributed by atoms with E-state index in [1.807, 2.05) is 42.5 Å². The Bertz CT molecular complexity index is 971. The Morgan fingerprint density at radius 2 is 1.72 bits per heavy atom. The molecular weight excluding hydrogens is 609 g/mol. The molecule has 0 aliphatic heterocycles. The molecule has 0 aliphatic rings. The first-order chi connectivity index (χ1) is 13.8. The second-order valence-corrected chi connectivity index (χ2v) is 8.21. The van der Waals surface area contributed by atoms with Gasteiger partial charge in [-0.3, -0.25) is 5.43 Å². The van der Waals surface area contributed by atoms with Gasteiger partial charge in [0.1, 0.15) is 18.2 Å². The quantitative estimate of drug-likeness (QED) is 0.198. The Balaban J connectivity index is 1.64. The molecule has 1 N–H and O–H groups in total. The molecule has 0 unspecified atom stereocenters. The van der Waals surface area contributed by atoms with Crippen LogP contribution in [0.25, 0.3) is 0 Å². The van der Waals surface area contributed by atoms with Gasteiger partial charge in [0.05, 0.1) is 18.9 Å². The summed E-state index contributed by atoms with van der Waals surface area (Å²) in [6, 6.07) is 15.9. The molecule has 0 atom stereocenters. The standard InChI is InChI=1S/C20H14F3I2N3O/c21-20(22,23)15-6-7-18(26-11-15)28-27-10-14-8-16(24)19(17(25)9-14)29-12-13-4-2-1-3-5-13/h1-11H,12H2,(H,26,28)/b27-10-. The maximum absolute atomic E-state index is 12.6. The first-order valence-electron chi connectivity index (χ1n) is 8.31. The van der Waals surface area contributed by atoms with Crippen LogP contribution in [0.2, 0.25) is 0 Å². The number of nitrogens with zero attached hydrogens (tertiary/aromatic N) is 2. The van der Waals surface area contributed by atoms with E-state index in [9.17, 15) is 13.2 Å².